The predicted molar refractivity (Wildman–Crippen MR) is 107 cm³/mol. The Bertz CT molecular complexity index is 872. The average Bonchev–Trinajstić information content (AvgIpc) is 3.16. The van der Waals surface area contributed by atoms with E-state index in [0.29, 0.717) is 39.5 Å². The quantitative estimate of drug-likeness (QED) is 0.549. The van der Waals surface area contributed by atoms with Crippen LogP contribution in [0.3, 0.4) is 0 Å². The first-order valence-electron chi connectivity index (χ1n) is 8.04. The second kappa shape index (κ2) is 7.97. The summed E-state index contributed by atoms with van der Waals surface area (Å²) >= 11 is 6.67. The molecule has 136 valence electrons. The van der Waals surface area contributed by atoms with Gasteiger partial charge in [0.1, 0.15) is 15.8 Å². The molecule has 1 aromatic heterocycles. The zero-order valence-corrected chi connectivity index (χ0v) is 16.4. The summed E-state index contributed by atoms with van der Waals surface area (Å²) in [6, 6.07) is 9.44. The first-order valence-corrected chi connectivity index (χ1v) is 9.27. The van der Waals surface area contributed by atoms with Gasteiger partial charge in [-0.3, -0.25) is 9.69 Å². The lowest BCUT2D eigenvalue weighted by molar-refractivity contribution is -0.122. The van der Waals surface area contributed by atoms with Crippen LogP contribution in [0.15, 0.2) is 39.7 Å². The minimum atomic E-state index is -0.0884. The number of thiocarbonyl (C=S) groups is 1. The molecule has 1 aromatic carbocycles. The Labute approximate surface area is 162 Å². The van der Waals surface area contributed by atoms with Gasteiger partial charge in [0.15, 0.2) is 11.5 Å². The molecular weight excluding hydrogens is 370 g/mol. The number of benzene rings is 1. The molecule has 0 N–H and O–H groups in total. The molecule has 0 radical (unpaired) electrons. The molecule has 1 fully saturated rings. The van der Waals surface area contributed by atoms with Gasteiger partial charge in [0, 0.05) is 12.6 Å². The van der Waals surface area contributed by atoms with Crippen LogP contribution in [0.2, 0.25) is 0 Å². The smallest absolute Gasteiger partial charge is 0.266 e. The second-order valence-corrected chi connectivity index (χ2v) is 7.40. The number of carbonyl (C=O) groups is 1. The standard InChI is InChI=1S/C19H19NO4S2/c1-12-4-6-14(24-12)11-17-18(21)20(19(25)26-17)9-8-13-5-7-15(22-2)16(10-13)23-3/h4-7,10-11H,8-9H2,1-3H3. The van der Waals surface area contributed by atoms with Gasteiger partial charge < -0.3 is 13.9 Å². The van der Waals surface area contributed by atoms with Gasteiger partial charge in [-0.2, -0.15) is 0 Å². The molecule has 1 aliphatic heterocycles. The molecule has 0 spiro atoms. The van der Waals surface area contributed by atoms with Crippen LogP contribution >= 0.6 is 24.0 Å². The van der Waals surface area contributed by atoms with E-state index in [1.807, 2.05) is 37.3 Å². The average molecular weight is 389 g/mol. The van der Waals surface area contributed by atoms with Gasteiger partial charge in [0.25, 0.3) is 5.91 Å². The molecule has 1 amide bonds. The summed E-state index contributed by atoms with van der Waals surface area (Å²) in [6.07, 6.45) is 2.41. The van der Waals surface area contributed by atoms with Gasteiger partial charge >= 0.3 is 0 Å². The van der Waals surface area contributed by atoms with Gasteiger partial charge in [-0.05, 0) is 43.2 Å². The summed E-state index contributed by atoms with van der Waals surface area (Å²) in [5, 5.41) is 0. The Morgan fingerprint density at radius 1 is 1.19 bits per heavy atom. The van der Waals surface area contributed by atoms with E-state index in [-0.39, 0.29) is 5.91 Å². The number of aryl methyl sites for hydroxylation is 1. The minimum absolute atomic E-state index is 0.0884. The number of ether oxygens (including phenoxy) is 2. The van der Waals surface area contributed by atoms with Crippen LogP contribution < -0.4 is 9.47 Å². The summed E-state index contributed by atoms with van der Waals surface area (Å²) in [6.45, 7) is 2.38. The van der Waals surface area contributed by atoms with E-state index in [2.05, 4.69) is 0 Å². The Hall–Kier alpha value is -2.25. The Morgan fingerprint density at radius 2 is 1.96 bits per heavy atom. The fraction of sp³-hybridized carbons (Fsp3) is 0.263. The third-order valence-corrected chi connectivity index (χ3v) is 5.36. The second-order valence-electron chi connectivity index (χ2n) is 5.72. The molecule has 0 atom stereocenters. The van der Waals surface area contributed by atoms with Crippen molar-refractivity contribution >= 4 is 40.3 Å². The molecule has 3 rings (SSSR count). The highest BCUT2D eigenvalue weighted by Crippen LogP contribution is 2.33. The summed E-state index contributed by atoms with van der Waals surface area (Å²) in [5.41, 5.74) is 1.04. The maximum Gasteiger partial charge on any atom is 0.266 e. The first-order chi connectivity index (χ1) is 12.5. The van der Waals surface area contributed by atoms with Crippen LogP contribution in [0.25, 0.3) is 6.08 Å². The van der Waals surface area contributed by atoms with Crippen molar-refractivity contribution in [3.05, 3.63) is 52.3 Å². The number of hydrogen-bond donors (Lipinski definition) is 0. The summed E-state index contributed by atoms with van der Waals surface area (Å²) in [5.74, 6) is 2.72. The van der Waals surface area contributed by atoms with Gasteiger partial charge in [0.05, 0.1) is 19.1 Å². The lowest BCUT2D eigenvalue weighted by Crippen LogP contribution is -2.30. The molecule has 2 aromatic rings. The highest BCUT2D eigenvalue weighted by Gasteiger charge is 2.31. The molecule has 0 unspecified atom stereocenters. The molecule has 5 nitrogen and oxygen atoms in total. The van der Waals surface area contributed by atoms with Gasteiger partial charge in [0.2, 0.25) is 0 Å². The van der Waals surface area contributed by atoms with E-state index in [4.69, 9.17) is 26.1 Å². The number of furan rings is 1. The van der Waals surface area contributed by atoms with Crippen molar-refractivity contribution in [1.82, 2.24) is 4.90 Å². The molecule has 0 bridgehead atoms. The monoisotopic (exact) mass is 389 g/mol. The van der Waals surface area contributed by atoms with Crippen molar-refractivity contribution in [2.45, 2.75) is 13.3 Å². The zero-order valence-electron chi connectivity index (χ0n) is 14.8. The minimum Gasteiger partial charge on any atom is -0.493 e. The van der Waals surface area contributed by atoms with E-state index in [1.165, 1.54) is 11.8 Å². The van der Waals surface area contributed by atoms with Crippen molar-refractivity contribution in [3.63, 3.8) is 0 Å². The number of rotatable bonds is 6. The number of thioether (sulfide) groups is 1. The van der Waals surface area contributed by atoms with Crippen LogP contribution in [-0.4, -0.2) is 35.9 Å². The predicted octanol–water partition coefficient (Wildman–Crippen LogP) is 4.05. The van der Waals surface area contributed by atoms with Crippen LogP contribution in [0, 0.1) is 6.92 Å². The zero-order chi connectivity index (χ0) is 18.7. The Kier molecular flexibility index (Phi) is 5.68. The van der Waals surface area contributed by atoms with Crippen LogP contribution in [-0.2, 0) is 11.2 Å². The first kappa shape index (κ1) is 18.5. The van der Waals surface area contributed by atoms with E-state index in [9.17, 15) is 4.79 Å². The highest BCUT2D eigenvalue weighted by molar-refractivity contribution is 8.26. The molecule has 26 heavy (non-hydrogen) atoms. The number of methoxy groups -OCH3 is 2. The number of amides is 1. The fourth-order valence-electron chi connectivity index (χ4n) is 2.63. The van der Waals surface area contributed by atoms with Gasteiger partial charge in [-0.15, -0.1) is 0 Å². The molecule has 1 aliphatic rings. The number of nitrogens with zero attached hydrogens (tertiary/aromatic N) is 1. The lowest BCUT2D eigenvalue weighted by Gasteiger charge is -2.15. The van der Waals surface area contributed by atoms with Gasteiger partial charge in [-0.25, -0.2) is 0 Å². The summed E-state index contributed by atoms with van der Waals surface area (Å²) < 4.78 is 16.6. The number of hydrogen-bond acceptors (Lipinski definition) is 6. The van der Waals surface area contributed by atoms with Crippen molar-refractivity contribution in [1.29, 1.82) is 0 Å². The summed E-state index contributed by atoms with van der Waals surface area (Å²) in [7, 11) is 3.20. The van der Waals surface area contributed by atoms with Gasteiger partial charge in [-0.1, -0.05) is 30.0 Å². The molecule has 2 heterocycles. The molecule has 7 heteroatoms. The van der Waals surface area contributed by atoms with E-state index in [0.717, 1.165) is 11.3 Å². The van der Waals surface area contributed by atoms with Crippen LogP contribution in [0.1, 0.15) is 17.1 Å². The van der Waals surface area contributed by atoms with E-state index >= 15 is 0 Å². The Morgan fingerprint density at radius 3 is 2.62 bits per heavy atom. The molecule has 0 saturated carbocycles. The van der Waals surface area contributed by atoms with Crippen LogP contribution in [0.4, 0.5) is 0 Å². The highest BCUT2D eigenvalue weighted by atomic mass is 32.2. The fourth-order valence-corrected chi connectivity index (χ4v) is 3.92. The van der Waals surface area contributed by atoms with Crippen molar-refractivity contribution in [2.75, 3.05) is 20.8 Å². The third kappa shape index (κ3) is 3.94. The maximum atomic E-state index is 12.6. The largest absolute Gasteiger partial charge is 0.493 e. The van der Waals surface area contributed by atoms with E-state index < -0.39 is 0 Å². The molecular formula is C19H19NO4S2. The van der Waals surface area contributed by atoms with E-state index in [1.54, 1.807) is 25.2 Å². The maximum absolute atomic E-state index is 12.6. The SMILES string of the molecule is COc1ccc(CCN2C(=O)C(=Cc3ccc(C)o3)SC2=S)cc1OC. The van der Waals surface area contributed by atoms with Crippen molar-refractivity contribution in [3.8, 4) is 11.5 Å². The number of carbonyl (C=O) groups excluding carboxylic acids is 1. The Balaban J connectivity index is 1.69. The lowest BCUT2D eigenvalue weighted by atomic mass is 10.1. The normalized spacial score (nSPS) is 15.8. The van der Waals surface area contributed by atoms with Crippen molar-refractivity contribution in [2.24, 2.45) is 0 Å². The van der Waals surface area contributed by atoms with Crippen LogP contribution in [0.5, 0.6) is 11.5 Å². The van der Waals surface area contributed by atoms with Crippen molar-refractivity contribution < 1.29 is 18.7 Å². The molecule has 0 aliphatic carbocycles. The topological polar surface area (TPSA) is 51.9 Å². The molecule has 1 saturated heterocycles. The third-order valence-electron chi connectivity index (χ3n) is 3.98. The summed E-state index contributed by atoms with van der Waals surface area (Å²) in [4.78, 5) is 14.8.